The van der Waals surface area contributed by atoms with E-state index in [1.165, 1.54) is 18.4 Å². The van der Waals surface area contributed by atoms with Gasteiger partial charge in [-0.15, -0.1) is 11.3 Å². The van der Waals surface area contributed by atoms with E-state index in [0.29, 0.717) is 10.6 Å². The molecule has 0 unspecified atom stereocenters. The molecule has 0 saturated carbocycles. The van der Waals surface area contributed by atoms with Gasteiger partial charge in [0.2, 0.25) is 0 Å². The van der Waals surface area contributed by atoms with Crippen LogP contribution in [0.1, 0.15) is 17.6 Å². The van der Waals surface area contributed by atoms with Gasteiger partial charge in [0.25, 0.3) is 0 Å². The number of ether oxygens (including phenoxy) is 1. The number of hydrogen-bond donors (Lipinski definition) is 0. The van der Waals surface area contributed by atoms with Crippen LogP contribution < -0.4 is 0 Å². The lowest BCUT2D eigenvalue weighted by Crippen LogP contribution is -2.05. The molecule has 5 nitrogen and oxygen atoms in total. The lowest BCUT2D eigenvalue weighted by Gasteiger charge is -2.04. The summed E-state index contributed by atoms with van der Waals surface area (Å²) < 4.78 is 7.47. The molecule has 7 heteroatoms. The maximum Gasteiger partial charge on any atom is 0.341 e. The average Bonchev–Trinajstić information content (AvgIpc) is 3.03. The summed E-state index contributed by atoms with van der Waals surface area (Å²) in [6.45, 7) is 2.72. The van der Waals surface area contributed by atoms with Gasteiger partial charge in [0, 0.05) is 12.7 Å². The number of carbonyl (C=O) groups is 1. The zero-order chi connectivity index (χ0) is 13.8. The molecule has 0 spiro atoms. The number of nitrogens with zero attached hydrogens (tertiary/aromatic N) is 3. The number of aryl methyl sites for hydroxylation is 1. The molecule has 0 radical (unpaired) electrons. The Morgan fingerprint density at radius 1 is 1.63 bits per heavy atom. The Morgan fingerprint density at radius 2 is 2.42 bits per heavy atom. The van der Waals surface area contributed by atoms with Crippen LogP contribution in [0.25, 0.3) is 11.6 Å². The Hall–Kier alpha value is -1.47. The molecule has 0 aliphatic rings. The van der Waals surface area contributed by atoms with Crippen LogP contribution in [-0.2, 0) is 16.1 Å². The number of rotatable bonds is 4. The summed E-state index contributed by atoms with van der Waals surface area (Å²) in [7, 11) is 1.36. The number of aromatic nitrogens is 3. The lowest BCUT2D eigenvalue weighted by molar-refractivity contribution is -0.133. The number of esters is 1. The fraction of sp³-hybridized carbons (Fsp3) is 0.250. The summed E-state index contributed by atoms with van der Waals surface area (Å²) in [6.07, 6.45) is 5.10. The summed E-state index contributed by atoms with van der Waals surface area (Å²) in [5.74, 6) is -0.411. The first-order valence-electron chi connectivity index (χ1n) is 5.59. The Kier molecular flexibility index (Phi) is 4.49. The number of halogens is 1. The highest BCUT2D eigenvalue weighted by atomic mass is 79.9. The van der Waals surface area contributed by atoms with E-state index in [0.717, 1.165) is 16.0 Å². The predicted octanol–water partition coefficient (Wildman–Crippen LogP) is 2.84. The van der Waals surface area contributed by atoms with Crippen molar-refractivity contribution in [3.63, 3.8) is 0 Å². The van der Waals surface area contributed by atoms with Crippen LogP contribution in [0.15, 0.2) is 22.2 Å². The molecular weight excluding hydrogens is 330 g/mol. The molecule has 2 aromatic rings. The van der Waals surface area contributed by atoms with Crippen molar-refractivity contribution in [3.8, 4) is 0 Å². The van der Waals surface area contributed by atoms with Gasteiger partial charge in [-0.1, -0.05) is 0 Å². The van der Waals surface area contributed by atoms with Gasteiger partial charge < -0.3 is 4.74 Å². The van der Waals surface area contributed by atoms with Gasteiger partial charge in [-0.05, 0) is 35.0 Å². The first kappa shape index (κ1) is 14.0. The van der Waals surface area contributed by atoms with Crippen molar-refractivity contribution in [3.05, 3.63) is 32.9 Å². The fourth-order valence-corrected chi connectivity index (χ4v) is 2.78. The standard InChI is InChI=1S/C12H12BrN3O2S/c1-3-16-8(4-5-15-16)6-9(12(17)18-2)11-14-7-10(13)19-11/h4-7H,3H2,1-2H3/b9-6-. The monoisotopic (exact) mass is 341 g/mol. The second kappa shape index (κ2) is 6.12. The summed E-state index contributed by atoms with van der Waals surface area (Å²) in [4.78, 5) is 16.1. The molecule has 0 atom stereocenters. The van der Waals surface area contributed by atoms with Gasteiger partial charge in [-0.25, -0.2) is 9.78 Å². The molecule has 0 aromatic carbocycles. The summed E-state index contributed by atoms with van der Waals surface area (Å²) in [5.41, 5.74) is 1.27. The van der Waals surface area contributed by atoms with Crippen LogP contribution in [0, 0.1) is 0 Å². The number of thiazole rings is 1. The maximum atomic E-state index is 11.9. The van der Waals surface area contributed by atoms with E-state index >= 15 is 0 Å². The van der Waals surface area contributed by atoms with E-state index in [1.54, 1.807) is 23.2 Å². The third kappa shape index (κ3) is 3.10. The average molecular weight is 342 g/mol. The van der Waals surface area contributed by atoms with E-state index in [4.69, 9.17) is 4.74 Å². The molecule has 0 bridgehead atoms. The Labute approximate surface area is 123 Å². The molecule has 0 aliphatic heterocycles. The highest BCUT2D eigenvalue weighted by Crippen LogP contribution is 2.27. The number of carbonyl (C=O) groups excluding carboxylic acids is 1. The number of hydrogen-bond acceptors (Lipinski definition) is 5. The smallest absolute Gasteiger partial charge is 0.341 e. The maximum absolute atomic E-state index is 11.9. The molecule has 0 fully saturated rings. The second-order valence-corrected chi connectivity index (χ2v) is 6.00. The normalized spacial score (nSPS) is 11.6. The van der Waals surface area contributed by atoms with Crippen molar-refractivity contribution in [2.24, 2.45) is 0 Å². The Morgan fingerprint density at radius 3 is 3.00 bits per heavy atom. The fourth-order valence-electron chi connectivity index (χ4n) is 1.57. The van der Waals surface area contributed by atoms with E-state index < -0.39 is 5.97 Å². The minimum Gasteiger partial charge on any atom is -0.465 e. The third-order valence-electron chi connectivity index (χ3n) is 2.45. The van der Waals surface area contributed by atoms with E-state index in [2.05, 4.69) is 26.0 Å². The predicted molar refractivity (Wildman–Crippen MR) is 77.6 cm³/mol. The molecule has 0 saturated heterocycles. The molecule has 2 heterocycles. The summed E-state index contributed by atoms with van der Waals surface area (Å²) in [6, 6.07) is 1.84. The van der Waals surface area contributed by atoms with Gasteiger partial charge in [0.1, 0.15) is 5.01 Å². The number of methoxy groups -OCH3 is 1. The lowest BCUT2D eigenvalue weighted by atomic mass is 10.2. The van der Waals surface area contributed by atoms with Crippen molar-refractivity contribution in [2.45, 2.75) is 13.5 Å². The molecule has 0 amide bonds. The molecule has 2 rings (SSSR count). The van der Waals surface area contributed by atoms with Gasteiger partial charge >= 0.3 is 5.97 Å². The summed E-state index contributed by atoms with van der Waals surface area (Å²) in [5, 5.41) is 4.78. The highest BCUT2D eigenvalue weighted by Gasteiger charge is 2.17. The SMILES string of the molecule is CCn1nccc1/C=C(\C(=O)OC)c1ncc(Br)s1. The minimum atomic E-state index is -0.411. The topological polar surface area (TPSA) is 57.0 Å². The van der Waals surface area contributed by atoms with Gasteiger partial charge in [-0.2, -0.15) is 5.10 Å². The van der Waals surface area contributed by atoms with E-state index in [1.807, 2.05) is 13.0 Å². The van der Waals surface area contributed by atoms with Crippen LogP contribution in [0.2, 0.25) is 0 Å². The third-order valence-corrected chi connectivity index (χ3v) is 3.96. The van der Waals surface area contributed by atoms with Crippen LogP contribution in [-0.4, -0.2) is 27.8 Å². The van der Waals surface area contributed by atoms with E-state index in [-0.39, 0.29) is 0 Å². The highest BCUT2D eigenvalue weighted by molar-refractivity contribution is 9.11. The molecule has 100 valence electrons. The van der Waals surface area contributed by atoms with Crippen molar-refractivity contribution >= 4 is 44.9 Å². The van der Waals surface area contributed by atoms with E-state index in [9.17, 15) is 4.79 Å². The van der Waals surface area contributed by atoms with Crippen molar-refractivity contribution in [1.29, 1.82) is 0 Å². The van der Waals surface area contributed by atoms with Crippen LogP contribution in [0.3, 0.4) is 0 Å². The van der Waals surface area contributed by atoms with Crippen LogP contribution in [0.5, 0.6) is 0 Å². The second-order valence-electron chi connectivity index (χ2n) is 3.59. The first-order valence-corrected chi connectivity index (χ1v) is 7.20. The van der Waals surface area contributed by atoms with Crippen molar-refractivity contribution < 1.29 is 9.53 Å². The van der Waals surface area contributed by atoms with Crippen molar-refractivity contribution in [2.75, 3.05) is 7.11 Å². The zero-order valence-electron chi connectivity index (χ0n) is 10.5. The largest absolute Gasteiger partial charge is 0.465 e. The van der Waals surface area contributed by atoms with Crippen LogP contribution in [0.4, 0.5) is 0 Å². The van der Waals surface area contributed by atoms with Crippen molar-refractivity contribution in [1.82, 2.24) is 14.8 Å². The zero-order valence-corrected chi connectivity index (χ0v) is 12.9. The van der Waals surface area contributed by atoms with Gasteiger partial charge in [0.05, 0.1) is 28.4 Å². The van der Waals surface area contributed by atoms with Crippen LogP contribution >= 0.6 is 27.3 Å². The Bertz CT molecular complexity index is 618. The minimum absolute atomic E-state index is 0.411. The molecular formula is C12H12BrN3O2S. The first-order chi connectivity index (χ1) is 9.15. The Balaban J connectivity index is 2.46. The van der Waals surface area contributed by atoms with Gasteiger partial charge in [-0.3, -0.25) is 4.68 Å². The molecule has 0 aliphatic carbocycles. The summed E-state index contributed by atoms with van der Waals surface area (Å²) >= 11 is 4.72. The molecule has 0 N–H and O–H groups in total. The molecule has 2 aromatic heterocycles. The quantitative estimate of drug-likeness (QED) is 0.633. The molecule has 19 heavy (non-hydrogen) atoms. The van der Waals surface area contributed by atoms with Gasteiger partial charge in [0.15, 0.2) is 0 Å².